The first-order valence-electron chi connectivity index (χ1n) is 7.07. The van der Waals surface area contributed by atoms with Crippen molar-refractivity contribution in [3.8, 4) is 11.3 Å². The molecule has 0 unspecified atom stereocenters. The first kappa shape index (κ1) is 13.9. The monoisotopic (exact) mass is 365 g/mol. The Morgan fingerprint density at radius 2 is 1.96 bits per heavy atom. The maximum atomic E-state index is 4.59. The molecule has 0 aliphatic rings. The van der Waals surface area contributed by atoms with Crippen molar-refractivity contribution in [2.45, 2.75) is 0 Å². The normalized spacial score (nSPS) is 10.8. The Kier molecular flexibility index (Phi) is 3.51. The summed E-state index contributed by atoms with van der Waals surface area (Å²) in [7, 11) is 0. The summed E-state index contributed by atoms with van der Waals surface area (Å²) in [5.41, 5.74) is 4.73. The molecule has 2 N–H and O–H groups in total. The highest BCUT2D eigenvalue weighted by molar-refractivity contribution is 9.10. The second-order valence-corrected chi connectivity index (χ2v) is 5.95. The molecule has 5 nitrogen and oxygen atoms in total. The SMILES string of the molecule is Brc1cccc(Nc2nccc(-c3ccc4nc[nH]c4c3)n2)c1. The van der Waals surface area contributed by atoms with Gasteiger partial charge in [0.25, 0.3) is 0 Å². The van der Waals surface area contributed by atoms with Crippen LogP contribution in [0.25, 0.3) is 22.3 Å². The highest BCUT2D eigenvalue weighted by atomic mass is 79.9. The van der Waals surface area contributed by atoms with Gasteiger partial charge in [-0.15, -0.1) is 0 Å². The van der Waals surface area contributed by atoms with E-state index in [-0.39, 0.29) is 0 Å². The van der Waals surface area contributed by atoms with E-state index in [0.29, 0.717) is 5.95 Å². The number of nitrogens with zero attached hydrogens (tertiary/aromatic N) is 3. The zero-order valence-corrected chi connectivity index (χ0v) is 13.6. The fourth-order valence-corrected chi connectivity index (χ4v) is 2.77. The van der Waals surface area contributed by atoms with Gasteiger partial charge in [-0.25, -0.2) is 15.0 Å². The fourth-order valence-electron chi connectivity index (χ4n) is 2.37. The Bertz CT molecular complexity index is 979. The van der Waals surface area contributed by atoms with Gasteiger partial charge in [-0.2, -0.15) is 0 Å². The first-order valence-corrected chi connectivity index (χ1v) is 7.86. The zero-order valence-electron chi connectivity index (χ0n) is 12.0. The Hall–Kier alpha value is -2.73. The summed E-state index contributed by atoms with van der Waals surface area (Å²) < 4.78 is 1.00. The molecule has 0 atom stereocenters. The quantitative estimate of drug-likeness (QED) is 0.559. The van der Waals surface area contributed by atoms with Crippen molar-refractivity contribution in [3.05, 3.63) is 65.5 Å². The third-order valence-corrected chi connectivity index (χ3v) is 3.95. The van der Waals surface area contributed by atoms with E-state index in [1.807, 2.05) is 48.5 Å². The summed E-state index contributed by atoms with van der Waals surface area (Å²) in [4.78, 5) is 16.2. The van der Waals surface area contributed by atoms with Gasteiger partial charge in [0.15, 0.2) is 0 Å². The molecule has 2 heterocycles. The van der Waals surface area contributed by atoms with E-state index in [4.69, 9.17) is 0 Å². The van der Waals surface area contributed by atoms with Crippen molar-refractivity contribution >= 4 is 38.6 Å². The Morgan fingerprint density at radius 3 is 2.87 bits per heavy atom. The molecular weight excluding hydrogens is 354 g/mol. The number of aromatic amines is 1. The number of anilines is 2. The molecule has 0 fully saturated rings. The molecule has 2 aromatic carbocycles. The Morgan fingerprint density at radius 1 is 1.00 bits per heavy atom. The minimum absolute atomic E-state index is 0.560. The fraction of sp³-hybridized carbons (Fsp3) is 0. The lowest BCUT2D eigenvalue weighted by Gasteiger charge is -2.07. The number of benzene rings is 2. The minimum atomic E-state index is 0.560. The molecule has 112 valence electrons. The van der Waals surface area contributed by atoms with Crippen molar-refractivity contribution in [3.63, 3.8) is 0 Å². The summed E-state index contributed by atoms with van der Waals surface area (Å²) in [6.45, 7) is 0. The van der Waals surface area contributed by atoms with Crippen LogP contribution in [-0.2, 0) is 0 Å². The molecule has 0 radical (unpaired) electrons. The van der Waals surface area contributed by atoms with Crippen molar-refractivity contribution in [1.82, 2.24) is 19.9 Å². The van der Waals surface area contributed by atoms with Crippen molar-refractivity contribution < 1.29 is 0 Å². The number of hydrogen-bond acceptors (Lipinski definition) is 4. The van der Waals surface area contributed by atoms with Gasteiger partial charge in [0.05, 0.1) is 23.1 Å². The molecule has 6 heteroatoms. The summed E-state index contributed by atoms with van der Waals surface area (Å²) >= 11 is 3.46. The van der Waals surface area contributed by atoms with Gasteiger partial charge in [0.1, 0.15) is 0 Å². The van der Waals surface area contributed by atoms with Gasteiger partial charge in [0.2, 0.25) is 5.95 Å². The number of hydrogen-bond donors (Lipinski definition) is 2. The molecule has 0 spiro atoms. The number of halogens is 1. The molecule has 23 heavy (non-hydrogen) atoms. The van der Waals surface area contributed by atoms with Crippen molar-refractivity contribution in [1.29, 1.82) is 0 Å². The lowest BCUT2D eigenvalue weighted by molar-refractivity contribution is 1.17. The van der Waals surface area contributed by atoms with Crippen LogP contribution in [0.2, 0.25) is 0 Å². The third kappa shape index (κ3) is 2.93. The molecular formula is C17H12BrN5. The van der Waals surface area contributed by atoms with Gasteiger partial charge < -0.3 is 10.3 Å². The van der Waals surface area contributed by atoms with E-state index in [1.165, 1.54) is 0 Å². The molecule has 0 saturated heterocycles. The minimum Gasteiger partial charge on any atom is -0.345 e. The number of rotatable bonds is 3. The van der Waals surface area contributed by atoms with Gasteiger partial charge in [-0.3, -0.25) is 0 Å². The van der Waals surface area contributed by atoms with Crippen molar-refractivity contribution in [2.75, 3.05) is 5.32 Å². The molecule has 0 bridgehead atoms. The largest absolute Gasteiger partial charge is 0.345 e. The third-order valence-electron chi connectivity index (χ3n) is 3.45. The second-order valence-electron chi connectivity index (χ2n) is 5.04. The number of nitrogens with one attached hydrogen (secondary N) is 2. The Labute approximate surface area is 141 Å². The van der Waals surface area contributed by atoms with E-state index in [0.717, 1.165) is 32.5 Å². The molecule has 4 aromatic rings. The predicted molar refractivity (Wildman–Crippen MR) is 94.5 cm³/mol. The average molecular weight is 366 g/mol. The summed E-state index contributed by atoms with van der Waals surface area (Å²) in [5, 5.41) is 3.21. The lowest BCUT2D eigenvalue weighted by atomic mass is 10.1. The standard InChI is InChI=1S/C17H12BrN5/c18-12-2-1-3-13(9-12)22-17-19-7-6-14(23-17)11-4-5-15-16(8-11)21-10-20-15/h1-10H,(H,20,21)(H,19,22,23). The molecule has 4 rings (SSSR count). The van der Waals surface area contributed by atoms with E-state index >= 15 is 0 Å². The van der Waals surface area contributed by atoms with Crippen molar-refractivity contribution in [2.24, 2.45) is 0 Å². The van der Waals surface area contributed by atoms with Crippen LogP contribution in [0.4, 0.5) is 11.6 Å². The lowest BCUT2D eigenvalue weighted by Crippen LogP contribution is -1.97. The van der Waals surface area contributed by atoms with Crippen LogP contribution in [-0.4, -0.2) is 19.9 Å². The molecule has 0 amide bonds. The van der Waals surface area contributed by atoms with Crippen LogP contribution in [0.5, 0.6) is 0 Å². The van der Waals surface area contributed by atoms with Gasteiger partial charge in [-0.1, -0.05) is 28.1 Å². The predicted octanol–water partition coefficient (Wildman–Crippen LogP) is 4.53. The first-order chi connectivity index (χ1) is 11.3. The average Bonchev–Trinajstić information content (AvgIpc) is 3.03. The number of aromatic nitrogens is 4. The van der Waals surface area contributed by atoms with E-state index in [2.05, 4.69) is 41.2 Å². The van der Waals surface area contributed by atoms with Gasteiger partial charge in [-0.05, 0) is 36.4 Å². The molecule has 2 aromatic heterocycles. The smallest absolute Gasteiger partial charge is 0.227 e. The van der Waals surface area contributed by atoms with Crippen LogP contribution in [0.15, 0.2) is 65.5 Å². The molecule has 0 saturated carbocycles. The van der Waals surface area contributed by atoms with Crippen LogP contribution in [0, 0.1) is 0 Å². The maximum absolute atomic E-state index is 4.59. The number of fused-ring (bicyclic) bond motifs is 1. The highest BCUT2D eigenvalue weighted by Crippen LogP contribution is 2.23. The van der Waals surface area contributed by atoms with Crippen LogP contribution >= 0.6 is 15.9 Å². The van der Waals surface area contributed by atoms with E-state index in [9.17, 15) is 0 Å². The second kappa shape index (κ2) is 5.81. The topological polar surface area (TPSA) is 66.5 Å². The summed E-state index contributed by atoms with van der Waals surface area (Å²) in [5.74, 6) is 0.560. The Balaban J connectivity index is 1.67. The summed E-state index contributed by atoms with van der Waals surface area (Å²) in [6, 6.07) is 15.8. The van der Waals surface area contributed by atoms with Gasteiger partial charge >= 0.3 is 0 Å². The van der Waals surface area contributed by atoms with Crippen LogP contribution in [0.1, 0.15) is 0 Å². The summed E-state index contributed by atoms with van der Waals surface area (Å²) in [6.07, 6.45) is 3.44. The maximum Gasteiger partial charge on any atom is 0.227 e. The molecule has 0 aliphatic heterocycles. The zero-order chi connectivity index (χ0) is 15.6. The molecule has 0 aliphatic carbocycles. The highest BCUT2D eigenvalue weighted by Gasteiger charge is 2.05. The van der Waals surface area contributed by atoms with Crippen LogP contribution < -0.4 is 5.32 Å². The number of H-pyrrole nitrogens is 1. The van der Waals surface area contributed by atoms with Gasteiger partial charge in [0, 0.05) is 21.9 Å². The number of imidazole rings is 1. The van der Waals surface area contributed by atoms with Crippen LogP contribution in [0.3, 0.4) is 0 Å². The van der Waals surface area contributed by atoms with E-state index in [1.54, 1.807) is 12.5 Å². The van der Waals surface area contributed by atoms with E-state index < -0.39 is 0 Å².